The fraction of sp³-hybridized carbons (Fsp3) is 0.200. The number of carbonyl (C=O) groups is 1. The fourth-order valence-corrected chi connectivity index (χ4v) is 1.47. The minimum absolute atomic E-state index is 0.139. The molecule has 0 saturated carbocycles. The van der Waals surface area contributed by atoms with Crippen LogP contribution in [0.1, 0.15) is 5.56 Å². The summed E-state index contributed by atoms with van der Waals surface area (Å²) >= 11 is 3.18. The first kappa shape index (κ1) is 12.6. The number of benzene rings is 1. The number of methoxy groups -OCH3 is 1. The highest BCUT2D eigenvalue weighted by Crippen LogP contribution is 2.15. The quantitative estimate of drug-likeness (QED) is 0.303. The number of hydrogen-bond acceptors (Lipinski definition) is 3. The average molecular weight is 291 g/mol. The van der Waals surface area contributed by atoms with Gasteiger partial charge in [0, 0.05) is 4.47 Å². The normalized spacial score (nSPS) is 11.3. The lowest BCUT2D eigenvalue weighted by molar-refractivity contribution is -0.783. The van der Waals surface area contributed by atoms with Crippen LogP contribution in [0.3, 0.4) is 0 Å². The van der Waals surface area contributed by atoms with Gasteiger partial charge in [-0.3, -0.25) is 5.21 Å². The van der Waals surface area contributed by atoms with Gasteiger partial charge in [-0.15, -0.1) is 0 Å². The van der Waals surface area contributed by atoms with Gasteiger partial charge in [0.25, 0.3) is 6.21 Å². The smallest absolute Gasteiger partial charge is 0.399 e. The van der Waals surface area contributed by atoms with Crippen molar-refractivity contribution >= 4 is 28.1 Å². The van der Waals surface area contributed by atoms with Crippen molar-refractivity contribution in [3.8, 4) is 0 Å². The van der Waals surface area contributed by atoms with Crippen LogP contribution >= 0.6 is 15.9 Å². The molecule has 1 N–H and O–H groups in total. The number of nitrogens with zero attached hydrogens (tertiary/aromatic N) is 1. The molecule has 16 heavy (non-hydrogen) atoms. The van der Waals surface area contributed by atoms with Crippen LogP contribution in [0.25, 0.3) is 0 Å². The Morgan fingerprint density at radius 3 is 3.00 bits per heavy atom. The first-order valence-corrected chi connectivity index (χ1v) is 5.14. The predicted molar refractivity (Wildman–Crippen MR) is 57.9 cm³/mol. The molecule has 0 spiro atoms. The van der Waals surface area contributed by atoms with Gasteiger partial charge in [-0.1, -0.05) is 15.9 Å². The minimum Gasteiger partial charge on any atom is -0.461 e. The van der Waals surface area contributed by atoms with Gasteiger partial charge in [0.1, 0.15) is 5.82 Å². The van der Waals surface area contributed by atoms with E-state index in [-0.39, 0.29) is 12.1 Å². The molecule has 0 atom stereocenters. The van der Waals surface area contributed by atoms with Gasteiger partial charge >= 0.3 is 5.97 Å². The Balaban J connectivity index is 2.84. The third kappa shape index (κ3) is 3.62. The van der Waals surface area contributed by atoms with E-state index in [2.05, 4.69) is 20.7 Å². The van der Waals surface area contributed by atoms with Crippen LogP contribution in [0.4, 0.5) is 4.39 Å². The van der Waals surface area contributed by atoms with Gasteiger partial charge in [0.05, 0.1) is 12.7 Å². The molecular formula is C10H10BrFNO3+. The molecule has 0 bridgehead atoms. The molecule has 4 nitrogen and oxygen atoms in total. The number of esters is 1. The molecule has 0 radical (unpaired) electrons. The zero-order chi connectivity index (χ0) is 12.1. The second-order valence-corrected chi connectivity index (χ2v) is 3.90. The lowest BCUT2D eigenvalue weighted by atomic mass is 10.2. The van der Waals surface area contributed by atoms with Gasteiger partial charge in [0.15, 0.2) is 0 Å². The maximum absolute atomic E-state index is 13.3. The van der Waals surface area contributed by atoms with Crippen molar-refractivity contribution in [1.82, 2.24) is 0 Å². The van der Waals surface area contributed by atoms with E-state index in [0.29, 0.717) is 9.21 Å². The molecule has 0 aromatic heterocycles. The number of hydroxylamine groups is 1. The van der Waals surface area contributed by atoms with Crippen LogP contribution in [-0.4, -0.2) is 29.2 Å². The monoisotopic (exact) mass is 290 g/mol. The fourth-order valence-electron chi connectivity index (χ4n) is 1.06. The van der Waals surface area contributed by atoms with E-state index >= 15 is 0 Å². The summed E-state index contributed by atoms with van der Waals surface area (Å²) in [6, 6.07) is 4.33. The minimum atomic E-state index is -0.710. The summed E-state index contributed by atoms with van der Waals surface area (Å²) < 4.78 is 18.8. The number of halogens is 2. The number of rotatable bonds is 3. The maximum Gasteiger partial charge on any atom is 0.399 e. The molecule has 1 aromatic rings. The zero-order valence-corrected chi connectivity index (χ0v) is 10.1. The van der Waals surface area contributed by atoms with E-state index in [9.17, 15) is 14.4 Å². The molecule has 86 valence electrons. The van der Waals surface area contributed by atoms with Gasteiger partial charge in [-0.25, -0.2) is 9.18 Å². The van der Waals surface area contributed by atoms with Crippen molar-refractivity contribution in [2.75, 3.05) is 7.11 Å². The summed E-state index contributed by atoms with van der Waals surface area (Å²) in [5.74, 6) is -1.17. The Bertz CT molecular complexity index is 434. The first-order chi connectivity index (χ1) is 7.52. The molecule has 0 unspecified atom stereocenters. The largest absolute Gasteiger partial charge is 0.461 e. The van der Waals surface area contributed by atoms with Crippen molar-refractivity contribution in [1.29, 1.82) is 0 Å². The Hall–Kier alpha value is -1.43. The Morgan fingerprint density at radius 2 is 2.38 bits per heavy atom. The molecule has 6 heteroatoms. The van der Waals surface area contributed by atoms with Crippen LogP contribution < -0.4 is 0 Å². The number of hydrogen-bond donors (Lipinski definition) is 1. The molecule has 1 rings (SSSR count). The molecule has 0 heterocycles. The predicted octanol–water partition coefficient (Wildman–Crippen LogP) is 1.73. The summed E-state index contributed by atoms with van der Waals surface area (Å²) in [7, 11) is 1.19. The summed E-state index contributed by atoms with van der Waals surface area (Å²) in [6.45, 7) is -0.139. The third-order valence-corrected chi connectivity index (χ3v) is 2.29. The molecule has 0 aliphatic heterocycles. The Kier molecular flexibility index (Phi) is 4.42. The summed E-state index contributed by atoms with van der Waals surface area (Å²) in [5.41, 5.74) is 0.261. The van der Waals surface area contributed by atoms with E-state index in [1.807, 2.05) is 0 Å². The zero-order valence-electron chi connectivity index (χ0n) is 8.48. The van der Waals surface area contributed by atoms with Crippen LogP contribution in [0.15, 0.2) is 22.7 Å². The van der Waals surface area contributed by atoms with E-state index in [4.69, 9.17) is 0 Å². The first-order valence-electron chi connectivity index (χ1n) is 4.35. The average Bonchev–Trinajstić information content (AvgIpc) is 2.23. The SMILES string of the molecule is COC(=O)/C=[N+](\O)Cc1cc(Br)ccc1F. The molecule has 0 saturated heterocycles. The third-order valence-electron chi connectivity index (χ3n) is 1.80. The second-order valence-electron chi connectivity index (χ2n) is 2.99. The Labute approximate surface area is 100 Å². The van der Waals surface area contributed by atoms with Crippen LogP contribution in [0.2, 0.25) is 0 Å². The molecule has 0 amide bonds. The Morgan fingerprint density at radius 1 is 1.69 bits per heavy atom. The second kappa shape index (κ2) is 5.60. The van der Waals surface area contributed by atoms with Crippen LogP contribution in [0, 0.1) is 5.82 Å². The van der Waals surface area contributed by atoms with E-state index in [0.717, 1.165) is 6.21 Å². The van der Waals surface area contributed by atoms with Crippen molar-refractivity contribution in [2.45, 2.75) is 6.54 Å². The summed E-state index contributed by atoms with van der Waals surface area (Å²) in [6.07, 6.45) is 0.834. The summed E-state index contributed by atoms with van der Waals surface area (Å²) in [5, 5.41) is 9.31. The summed E-state index contributed by atoms with van der Waals surface area (Å²) in [4.78, 5) is 10.8. The van der Waals surface area contributed by atoms with E-state index in [1.54, 1.807) is 6.07 Å². The van der Waals surface area contributed by atoms with Crippen molar-refractivity contribution in [3.05, 3.63) is 34.1 Å². The molecule has 0 aliphatic carbocycles. The number of ether oxygens (including phenoxy) is 1. The van der Waals surface area contributed by atoms with Crippen LogP contribution in [0.5, 0.6) is 0 Å². The standard InChI is InChI=1S/C10H10BrFNO3/c1-16-10(14)6-13(15)5-7-4-8(11)2-3-9(7)12/h2-4,6,15H,5H2,1H3/q+1/b13-6-. The topological polar surface area (TPSA) is 49.5 Å². The lowest BCUT2D eigenvalue weighted by Gasteiger charge is -1.98. The highest BCUT2D eigenvalue weighted by molar-refractivity contribution is 9.10. The van der Waals surface area contributed by atoms with Crippen molar-refractivity contribution in [3.63, 3.8) is 0 Å². The van der Waals surface area contributed by atoms with E-state index in [1.165, 1.54) is 19.2 Å². The van der Waals surface area contributed by atoms with Gasteiger partial charge in [0.2, 0.25) is 6.54 Å². The molecule has 0 aliphatic rings. The maximum atomic E-state index is 13.3. The van der Waals surface area contributed by atoms with Gasteiger partial charge in [-0.05, 0) is 22.9 Å². The lowest BCUT2D eigenvalue weighted by Crippen LogP contribution is -2.15. The van der Waals surface area contributed by atoms with E-state index < -0.39 is 11.8 Å². The highest BCUT2D eigenvalue weighted by atomic mass is 79.9. The number of carbonyl (C=O) groups excluding carboxylic acids is 1. The van der Waals surface area contributed by atoms with Crippen molar-refractivity contribution < 1.29 is 23.9 Å². The van der Waals surface area contributed by atoms with Gasteiger partial charge in [-0.2, -0.15) is 0 Å². The van der Waals surface area contributed by atoms with Crippen molar-refractivity contribution in [2.24, 2.45) is 0 Å². The molecule has 1 aromatic carbocycles. The van der Waals surface area contributed by atoms with Gasteiger partial charge < -0.3 is 4.74 Å². The molecule has 0 fully saturated rings. The highest BCUT2D eigenvalue weighted by Gasteiger charge is 2.12. The molecular weight excluding hydrogens is 281 g/mol. The van der Waals surface area contributed by atoms with Crippen LogP contribution in [-0.2, 0) is 16.1 Å².